The summed E-state index contributed by atoms with van der Waals surface area (Å²) in [5.41, 5.74) is 2.68. The molecule has 0 aliphatic carbocycles. The first-order chi connectivity index (χ1) is 12.2. The molecule has 1 N–H and O–H groups in total. The van der Waals surface area contributed by atoms with E-state index in [2.05, 4.69) is 20.5 Å². The van der Waals surface area contributed by atoms with E-state index >= 15 is 0 Å². The smallest absolute Gasteiger partial charge is 0.183 e. The van der Waals surface area contributed by atoms with Crippen LogP contribution in [-0.2, 0) is 6.54 Å². The monoisotopic (exact) mass is 336 g/mol. The number of rotatable bonds is 6. The van der Waals surface area contributed by atoms with E-state index in [0.29, 0.717) is 18.2 Å². The van der Waals surface area contributed by atoms with Crippen LogP contribution >= 0.6 is 0 Å². The Hall–Kier alpha value is -3.15. The minimum atomic E-state index is 0.566. The van der Waals surface area contributed by atoms with E-state index in [1.54, 1.807) is 14.2 Å². The molecular formula is C19H20N4O2. The summed E-state index contributed by atoms with van der Waals surface area (Å²) in [6.45, 7) is 2.47. The summed E-state index contributed by atoms with van der Waals surface area (Å²) in [6, 6.07) is 15.4. The Morgan fingerprint density at radius 3 is 2.40 bits per heavy atom. The Morgan fingerprint density at radius 1 is 0.920 bits per heavy atom. The molecule has 6 nitrogen and oxygen atoms in total. The lowest BCUT2D eigenvalue weighted by molar-refractivity contribution is 0.410. The molecule has 0 bridgehead atoms. The molecule has 0 unspecified atom stereocenters. The van der Waals surface area contributed by atoms with Crippen molar-refractivity contribution in [2.45, 2.75) is 13.5 Å². The molecule has 0 amide bonds. The molecule has 0 saturated carbocycles. The number of nitrogens with one attached hydrogen (secondary N) is 1. The molecular weight excluding hydrogens is 316 g/mol. The lowest BCUT2D eigenvalue weighted by atomic mass is 10.2. The van der Waals surface area contributed by atoms with Crippen LogP contribution in [0.2, 0.25) is 0 Å². The Bertz CT molecular complexity index is 850. The lowest BCUT2D eigenvalue weighted by Gasteiger charge is -2.11. The van der Waals surface area contributed by atoms with Crippen molar-refractivity contribution < 1.29 is 9.47 Å². The Morgan fingerprint density at radius 2 is 1.68 bits per heavy atom. The molecule has 0 radical (unpaired) electrons. The van der Waals surface area contributed by atoms with Gasteiger partial charge in [-0.05, 0) is 37.3 Å². The molecule has 1 heterocycles. The maximum Gasteiger partial charge on any atom is 0.183 e. The minimum Gasteiger partial charge on any atom is -0.497 e. The summed E-state index contributed by atoms with van der Waals surface area (Å²) in [5.74, 6) is 2.89. The molecule has 0 fully saturated rings. The highest BCUT2D eigenvalue weighted by Crippen LogP contribution is 2.22. The van der Waals surface area contributed by atoms with E-state index in [9.17, 15) is 0 Å². The van der Waals surface area contributed by atoms with Gasteiger partial charge in [-0.15, -0.1) is 10.2 Å². The van der Waals surface area contributed by atoms with E-state index in [4.69, 9.17) is 9.47 Å². The van der Waals surface area contributed by atoms with Crippen LogP contribution in [0.5, 0.6) is 11.5 Å². The second-order valence-electron chi connectivity index (χ2n) is 5.46. The Labute approximate surface area is 146 Å². The molecule has 0 spiro atoms. The first kappa shape index (κ1) is 16.7. The van der Waals surface area contributed by atoms with Crippen molar-refractivity contribution in [3.8, 4) is 22.9 Å². The molecule has 0 saturated heterocycles. The fourth-order valence-electron chi connectivity index (χ4n) is 2.44. The second kappa shape index (κ2) is 7.61. The summed E-state index contributed by atoms with van der Waals surface area (Å²) >= 11 is 0. The summed E-state index contributed by atoms with van der Waals surface area (Å²) in [6.07, 6.45) is 0. The highest BCUT2D eigenvalue weighted by atomic mass is 16.5. The van der Waals surface area contributed by atoms with Gasteiger partial charge in [-0.1, -0.05) is 18.2 Å². The number of nitrogens with zero attached hydrogens (tertiary/aromatic N) is 3. The lowest BCUT2D eigenvalue weighted by Crippen LogP contribution is -2.07. The van der Waals surface area contributed by atoms with Crippen LogP contribution in [0.25, 0.3) is 11.4 Å². The van der Waals surface area contributed by atoms with Crippen molar-refractivity contribution >= 4 is 5.82 Å². The number of hydrogen-bond acceptors (Lipinski definition) is 6. The third-order valence-corrected chi connectivity index (χ3v) is 3.84. The fraction of sp³-hybridized carbons (Fsp3) is 0.211. The van der Waals surface area contributed by atoms with Gasteiger partial charge in [-0.25, -0.2) is 4.98 Å². The van der Waals surface area contributed by atoms with Crippen molar-refractivity contribution in [2.75, 3.05) is 19.5 Å². The SMILES string of the molecule is COc1ccc(-c2nnc(C)c(NCc3ccccc3OC)n2)cc1. The van der Waals surface area contributed by atoms with Gasteiger partial charge in [0.25, 0.3) is 0 Å². The van der Waals surface area contributed by atoms with Crippen molar-refractivity contribution in [3.63, 3.8) is 0 Å². The summed E-state index contributed by atoms with van der Waals surface area (Å²) in [7, 11) is 3.30. The molecule has 0 aliphatic heterocycles. The predicted octanol–water partition coefficient (Wildman–Crippen LogP) is 3.48. The quantitative estimate of drug-likeness (QED) is 0.743. The van der Waals surface area contributed by atoms with Crippen LogP contribution in [0.15, 0.2) is 48.5 Å². The number of anilines is 1. The molecule has 2 aromatic carbocycles. The molecule has 0 atom stereocenters. The average Bonchev–Trinajstić information content (AvgIpc) is 2.67. The van der Waals surface area contributed by atoms with Crippen molar-refractivity contribution in [1.82, 2.24) is 15.2 Å². The summed E-state index contributed by atoms with van der Waals surface area (Å²) in [4.78, 5) is 4.60. The first-order valence-corrected chi connectivity index (χ1v) is 7.92. The number of aryl methyl sites for hydroxylation is 1. The van der Waals surface area contributed by atoms with E-state index in [0.717, 1.165) is 28.3 Å². The van der Waals surface area contributed by atoms with Crippen molar-refractivity contribution in [1.29, 1.82) is 0 Å². The second-order valence-corrected chi connectivity index (χ2v) is 5.46. The highest BCUT2D eigenvalue weighted by molar-refractivity contribution is 5.58. The summed E-state index contributed by atoms with van der Waals surface area (Å²) in [5, 5.41) is 11.7. The van der Waals surface area contributed by atoms with E-state index < -0.39 is 0 Å². The Kier molecular flexibility index (Phi) is 5.09. The molecule has 3 rings (SSSR count). The maximum atomic E-state index is 5.38. The number of ether oxygens (including phenoxy) is 2. The number of benzene rings is 2. The highest BCUT2D eigenvalue weighted by Gasteiger charge is 2.09. The number of para-hydroxylation sites is 1. The average molecular weight is 336 g/mol. The zero-order valence-electron chi connectivity index (χ0n) is 14.5. The third-order valence-electron chi connectivity index (χ3n) is 3.84. The zero-order valence-corrected chi connectivity index (χ0v) is 14.5. The Balaban J connectivity index is 1.81. The maximum absolute atomic E-state index is 5.38. The molecule has 1 aromatic heterocycles. The number of hydrogen-bond donors (Lipinski definition) is 1. The van der Waals surface area contributed by atoms with Crippen LogP contribution in [-0.4, -0.2) is 29.4 Å². The molecule has 0 aliphatic rings. The van der Waals surface area contributed by atoms with E-state index in [1.807, 2.05) is 55.5 Å². The van der Waals surface area contributed by atoms with Gasteiger partial charge in [0, 0.05) is 17.7 Å². The van der Waals surface area contributed by atoms with Crippen LogP contribution in [0.3, 0.4) is 0 Å². The van der Waals surface area contributed by atoms with Crippen LogP contribution in [0, 0.1) is 6.92 Å². The predicted molar refractivity (Wildman–Crippen MR) is 96.9 cm³/mol. The van der Waals surface area contributed by atoms with Crippen molar-refractivity contribution in [2.24, 2.45) is 0 Å². The topological polar surface area (TPSA) is 69.2 Å². The first-order valence-electron chi connectivity index (χ1n) is 7.92. The molecule has 25 heavy (non-hydrogen) atoms. The van der Waals surface area contributed by atoms with E-state index in [-0.39, 0.29) is 0 Å². The van der Waals surface area contributed by atoms with Gasteiger partial charge in [0.2, 0.25) is 0 Å². The third kappa shape index (κ3) is 3.85. The number of methoxy groups -OCH3 is 2. The molecule has 3 aromatic rings. The molecule has 6 heteroatoms. The van der Waals surface area contributed by atoms with Crippen LogP contribution in [0.1, 0.15) is 11.3 Å². The molecule has 128 valence electrons. The van der Waals surface area contributed by atoms with Gasteiger partial charge in [0.05, 0.1) is 14.2 Å². The van der Waals surface area contributed by atoms with Gasteiger partial charge in [0.1, 0.15) is 17.2 Å². The zero-order chi connectivity index (χ0) is 17.6. The summed E-state index contributed by atoms with van der Waals surface area (Å²) < 4.78 is 10.6. The number of aromatic nitrogens is 3. The van der Waals surface area contributed by atoms with Gasteiger partial charge in [0.15, 0.2) is 11.6 Å². The normalized spacial score (nSPS) is 10.4. The largest absolute Gasteiger partial charge is 0.497 e. The van der Waals surface area contributed by atoms with Crippen LogP contribution in [0.4, 0.5) is 5.82 Å². The van der Waals surface area contributed by atoms with Gasteiger partial charge in [-0.2, -0.15) is 0 Å². The van der Waals surface area contributed by atoms with Gasteiger partial charge in [-0.3, -0.25) is 0 Å². The fourth-order valence-corrected chi connectivity index (χ4v) is 2.44. The van der Waals surface area contributed by atoms with Crippen LogP contribution < -0.4 is 14.8 Å². The minimum absolute atomic E-state index is 0.566. The van der Waals surface area contributed by atoms with Gasteiger partial charge >= 0.3 is 0 Å². The standard InChI is InChI=1S/C19H20N4O2/c1-13-18(20-12-15-6-4-5-7-17(15)25-3)21-19(23-22-13)14-8-10-16(24-2)11-9-14/h4-11H,12H2,1-3H3,(H,20,21,23). The van der Waals surface area contributed by atoms with Crippen molar-refractivity contribution in [3.05, 3.63) is 59.8 Å². The van der Waals surface area contributed by atoms with Gasteiger partial charge < -0.3 is 14.8 Å². The van der Waals surface area contributed by atoms with E-state index in [1.165, 1.54) is 0 Å².